The second-order valence-corrected chi connectivity index (χ2v) is 7.06. The minimum Gasteiger partial charge on any atom is -0.396 e. The van der Waals surface area contributed by atoms with Crippen LogP contribution in [0.15, 0.2) is 11.1 Å². The van der Waals surface area contributed by atoms with Crippen LogP contribution in [0.4, 0.5) is 0 Å². The molecule has 0 unspecified atom stereocenters. The Morgan fingerprint density at radius 1 is 1.28 bits per heavy atom. The van der Waals surface area contributed by atoms with E-state index in [-0.39, 0.29) is 23.9 Å². The number of rotatable bonds is 1. The van der Waals surface area contributed by atoms with Gasteiger partial charge in [0, 0.05) is 18.4 Å². The maximum absolute atomic E-state index is 10.7. The molecule has 2 aliphatic rings. The summed E-state index contributed by atoms with van der Waals surface area (Å²) in [6, 6.07) is 0. The van der Waals surface area contributed by atoms with Crippen LogP contribution in [-0.2, 0) is 0 Å². The molecule has 3 N–H and O–H groups in total. The van der Waals surface area contributed by atoms with Gasteiger partial charge in [-0.1, -0.05) is 19.4 Å². The van der Waals surface area contributed by atoms with Crippen molar-refractivity contribution in [3.8, 4) is 0 Å². The fourth-order valence-corrected chi connectivity index (χ4v) is 3.73. The van der Waals surface area contributed by atoms with Gasteiger partial charge in [-0.15, -0.1) is 0 Å². The molecule has 0 amide bonds. The topological polar surface area (TPSA) is 60.7 Å². The Morgan fingerprint density at radius 2 is 1.89 bits per heavy atom. The normalized spacial score (nSPS) is 43.8. The highest BCUT2D eigenvalue weighted by atomic mass is 16.3. The molecule has 0 aromatic rings. The zero-order valence-corrected chi connectivity index (χ0v) is 11.9. The summed E-state index contributed by atoms with van der Waals surface area (Å²) in [5.74, 6) is 0.110. The predicted molar refractivity (Wildman–Crippen MR) is 71.0 cm³/mol. The highest BCUT2D eigenvalue weighted by molar-refractivity contribution is 5.32. The molecule has 0 spiro atoms. The third kappa shape index (κ3) is 2.02. The Kier molecular flexibility index (Phi) is 3.37. The molecule has 0 aliphatic heterocycles. The maximum Gasteiger partial charge on any atom is 0.0807 e. The minimum atomic E-state index is -0.769. The van der Waals surface area contributed by atoms with E-state index in [1.165, 1.54) is 0 Å². The molecule has 0 aromatic carbocycles. The van der Waals surface area contributed by atoms with E-state index in [2.05, 4.69) is 13.8 Å². The summed E-state index contributed by atoms with van der Waals surface area (Å²) in [5, 5.41) is 30.7. The number of aliphatic hydroxyl groups excluding tert-OH is 2. The van der Waals surface area contributed by atoms with E-state index in [4.69, 9.17) is 0 Å². The Morgan fingerprint density at radius 3 is 2.44 bits per heavy atom. The average molecular weight is 254 g/mol. The van der Waals surface area contributed by atoms with Crippen molar-refractivity contribution in [2.45, 2.75) is 58.7 Å². The maximum atomic E-state index is 10.7. The first-order valence-corrected chi connectivity index (χ1v) is 6.92. The van der Waals surface area contributed by atoms with Crippen LogP contribution < -0.4 is 0 Å². The van der Waals surface area contributed by atoms with Gasteiger partial charge in [0.2, 0.25) is 0 Å². The summed E-state index contributed by atoms with van der Waals surface area (Å²) in [5.41, 5.74) is 1.12. The van der Waals surface area contributed by atoms with Gasteiger partial charge in [-0.3, -0.25) is 0 Å². The summed E-state index contributed by atoms with van der Waals surface area (Å²) in [7, 11) is 0. The van der Waals surface area contributed by atoms with Gasteiger partial charge in [0.15, 0.2) is 0 Å². The molecular formula is C15H26O3. The molecule has 0 bridgehead atoms. The molecule has 4 atom stereocenters. The average Bonchev–Trinajstić information content (AvgIpc) is 2.46. The first kappa shape index (κ1) is 14.0. The van der Waals surface area contributed by atoms with Crippen molar-refractivity contribution in [3.63, 3.8) is 0 Å². The second-order valence-electron chi connectivity index (χ2n) is 7.06. The largest absolute Gasteiger partial charge is 0.396 e. The molecule has 0 heterocycles. The fourth-order valence-electron chi connectivity index (χ4n) is 3.73. The van der Waals surface area contributed by atoms with Crippen molar-refractivity contribution in [1.82, 2.24) is 0 Å². The molecule has 18 heavy (non-hydrogen) atoms. The van der Waals surface area contributed by atoms with Gasteiger partial charge in [0.05, 0.1) is 11.7 Å². The summed E-state index contributed by atoms with van der Waals surface area (Å²) in [6.45, 7) is 8.09. The van der Waals surface area contributed by atoms with E-state index in [1.54, 1.807) is 0 Å². The Bertz CT molecular complexity index is 368. The quantitative estimate of drug-likeness (QED) is 0.626. The summed E-state index contributed by atoms with van der Waals surface area (Å²) < 4.78 is 0. The lowest BCUT2D eigenvalue weighted by Crippen LogP contribution is -2.34. The van der Waals surface area contributed by atoms with Crippen LogP contribution in [0.5, 0.6) is 0 Å². The van der Waals surface area contributed by atoms with Crippen LogP contribution in [0.25, 0.3) is 0 Å². The van der Waals surface area contributed by atoms with Crippen LogP contribution in [0.3, 0.4) is 0 Å². The van der Waals surface area contributed by atoms with Crippen LogP contribution in [0.2, 0.25) is 0 Å². The lowest BCUT2D eigenvalue weighted by atomic mass is 9.81. The smallest absolute Gasteiger partial charge is 0.0807 e. The van der Waals surface area contributed by atoms with Crippen molar-refractivity contribution < 1.29 is 15.3 Å². The lowest BCUT2D eigenvalue weighted by molar-refractivity contribution is -0.0000356. The van der Waals surface area contributed by atoms with Crippen LogP contribution in [0, 0.1) is 17.3 Å². The molecule has 2 aliphatic carbocycles. The third-order valence-electron chi connectivity index (χ3n) is 5.18. The molecule has 1 saturated carbocycles. The standard InChI is InChI=1S/C15H26O3/c1-9-10(8-16)5-6-15(4,18)11-7-14(2,3)13(17)12(9)11/h10-11,13,16-18H,5-8H2,1-4H3/t10-,11-,13-,15-/m1/s1. The van der Waals surface area contributed by atoms with Crippen LogP contribution >= 0.6 is 0 Å². The SMILES string of the molecule is CC1=C2[C@@H](O)C(C)(C)C[C@H]2[C@](C)(O)CC[C@@H]1CO. The molecule has 0 radical (unpaired) electrons. The van der Waals surface area contributed by atoms with Crippen LogP contribution in [-0.4, -0.2) is 33.6 Å². The molecule has 3 heteroatoms. The second kappa shape index (κ2) is 4.32. The number of fused-ring (bicyclic) bond motifs is 1. The Hall–Kier alpha value is -0.380. The van der Waals surface area contributed by atoms with Crippen molar-refractivity contribution >= 4 is 0 Å². The highest BCUT2D eigenvalue weighted by Crippen LogP contribution is 2.53. The monoisotopic (exact) mass is 254 g/mol. The summed E-state index contributed by atoms with van der Waals surface area (Å²) >= 11 is 0. The Balaban J connectivity index is 2.51. The predicted octanol–water partition coefficient (Wildman–Crippen LogP) is 1.86. The lowest BCUT2D eigenvalue weighted by Gasteiger charge is -2.30. The van der Waals surface area contributed by atoms with Gasteiger partial charge in [-0.25, -0.2) is 0 Å². The first-order valence-electron chi connectivity index (χ1n) is 6.92. The number of aliphatic hydroxyl groups is 3. The molecule has 2 rings (SSSR count). The van der Waals surface area contributed by atoms with Crippen molar-refractivity contribution in [3.05, 3.63) is 11.1 Å². The summed E-state index contributed by atoms with van der Waals surface area (Å²) in [4.78, 5) is 0. The van der Waals surface area contributed by atoms with Gasteiger partial charge in [-0.05, 0) is 44.1 Å². The minimum absolute atomic E-state index is 0.0269. The highest BCUT2D eigenvalue weighted by Gasteiger charge is 2.52. The van der Waals surface area contributed by atoms with E-state index < -0.39 is 11.7 Å². The summed E-state index contributed by atoms with van der Waals surface area (Å²) in [6.07, 6.45) is 1.79. The van der Waals surface area contributed by atoms with E-state index >= 15 is 0 Å². The van der Waals surface area contributed by atoms with Gasteiger partial charge >= 0.3 is 0 Å². The van der Waals surface area contributed by atoms with Gasteiger partial charge in [0.1, 0.15) is 0 Å². The van der Waals surface area contributed by atoms with Crippen molar-refractivity contribution in [2.24, 2.45) is 17.3 Å². The Labute approximate surface area is 110 Å². The van der Waals surface area contributed by atoms with Crippen molar-refractivity contribution in [1.29, 1.82) is 0 Å². The number of hydrogen-bond donors (Lipinski definition) is 3. The molecule has 104 valence electrons. The molecular weight excluding hydrogens is 228 g/mol. The first-order chi connectivity index (χ1) is 8.20. The fraction of sp³-hybridized carbons (Fsp3) is 0.867. The van der Waals surface area contributed by atoms with Crippen LogP contribution in [0.1, 0.15) is 47.0 Å². The van der Waals surface area contributed by atoms with Gasteiger partial charge < -0.3 is 15.3 Å². The van der Waals surface area contributed by atoms with E-state index in [0.717, 1.165) is 24.0 Å². The molecule has 0 aromatic heterocycles. The van der Waals surface area contributed by atoms with E-state index in [9.17, 15) is 15.3 Å². The van der Waals surface area contributed by atoms with Crippen molar-refractivity contribution in [2.75, 3.05) is 6.61 Å². The zero-order chi connectivity index (χ0) is 13.7. The van der Waals surface area contributed by atoms with Gasteiger partial charge in [-0.2, -0.15) is 0 Å². The van der Waals surface area contributed by atoms with E-state index in [1.807, 2.05) is 13.8 Å². The van der Waals surface area contributed by atoms with E-state index in [0.29, 0.717) is 6.42 Å². The molecule has 0 saturated heterocycles. The third-order valence-corrected chi connectivity index (χ3v) is 5.18. The number of hydrogen-bond acceptors (Lipinski definition) is 3. The molecule has 1 fully saturated rings. The van der Waals surface area contributed by atoms with Gasteiger partial charge in [0.25, 0.3) is 0 Å². The zero-order valence-electron chi connectivity index (χ0n) is 11.9. The molecule has 3 nitrogen and oxygen atoms in total.